The molecule has 0 unspecified atom stereocenters. The molecular formula is C21H22N2O3. The number of anilines is 1. The molecule has 2 amide bonds. The Balaban J connectivity index is 1.46. The molecule has 0 aliphatic heterocycles. The van der Waals surface area contributed by atoms with E-state index in [4.69, 9.17) is 4.74 Å². The molecular weight excluding hydrogens is 328 g/mol. The highest BCUT2D eigenvalue weighted by molar-refractivity contribution is 6.03. The van der Waals surface area contributed by atoms with Crippen LogP contribution in [0.5, 0.6) is 11.5 Å². The molecule has 3 rings (SSSR count). The molecule has 0 aromatic heterocycles. The summed E-state index contributed by atoms with van der Waals surface area (Å²) in [6.07, 6.45) is 0.706. The lowest BCUT2D eigenvalue weighted by Crippen LogP contribution is -2.30. The standard InChI is InChI=1S/C21H22N2O3/c1-15-9-11-16(12-10-15)26-14-4-13-22-21(25)23-19-7-2-6-18-17(19)5-3-8-20(18)24/h2-3,5-12,24H,4,13-14H2,1H3,(H2,22,23,25). The van der Waals surface area contributed by atoms with Gasteiger partial charge in [-0.15, -0.1) is 0 Å². The van der Waals surface area contributed by atoms with Crippen molar-refractivity contribution in [3.05, 3.63) is 66.2 Å². The van der Waals surface area contributed by atoms with Crippen LogP contribution in [-0.4, -0.2) is 24.3 Å². The number of ether oxygens (including phenoxy) is 1. The molecule has 0 saturated carbocycles. The summed E-state index contributed by atoms with van der Waals surface area (Å²) >= 11 is 0. The number of hydrogen-bond donors (Lipinski definition) is 3. The molecule has 3 aromatic rings. The molecule has 0 heterocycles. The molecule has 0 aliphatic carbocycles. The van der Waals surface area contributed by atoms with E-state index in [0.29, 0.717) is 30.6 Å². The number of aromatic hydroxyl groups is 1. The number of amides is 2. The number of carbonyl (C=O) groups is 1. The molecule has 0 bridgehead atoms. The van der Waals surface area contributed by atoms with Gasteiger partial charge in [-0.25, -0.2) is 4.79 Å². The predicted molar refractivity (Wildman–Crippen MR) is 104 cm³/mol. The van der Waals surface area contributed by atoms with Crippen LogP contribution in [0.25, 0.3) is 10.8 Å². The summed E-state index contributed by atoms with van der Waals surface area (Å²) in [5, 5.41) is 17.0. The van der Waals surface area contributed by atoms with Crippen LogP contribution in [-0.2, 0) is 0 Å². The molecule has 26 heavy (non-hydrogen) atoms. The van der Waals surface area contributed by atoms with Crippen molar-refractivity contribution >= 4 is 22.5 Å². The van der Waals surface area contributed by atoms with Crippen LogP contribution in [0.15, 0.2) is 60.7 Å². The van der Waals surface area contributed by atoms with Gasteiger partial charge in [-0.05, 0) is 37.6 Å². The van der Waals surface area contributed by atoms with Crippen LogP contribution in [0.2, 0.25) is 0 Å². The van der Waals surface area contributed by atoms with E-state index in [2.05, 4.69) is 10.6 Å². The van der Waals surface area contributed by atoms with Gasteiger partial charge in [0.05, 0.1) is 12.3 Å². The largest absolute Gasteiger partial charge is 0.507 e. The second kappa shape index (κ2) is 8.25. The third-order valence-corrected chi connectivity index (χ3v) is 4.04. The van der Waals surface area contributed by atoms with Gasteiger partial charge in [-0.2, -0.15) is 0 Å². The van der Waals surface area contributed by atoms with E-state index in [1.807, 2.05) is 49.4 Å². The monoisotopic (exact) mass is 350 g/mol. The number of phenolic OH excluding ortho intramolecular Hbond substituents is 1. The summed E-state index contributed by atoms with van der Waals surface area (Å²) in [6, 6.07) is 18.3. The van der Waals surface area contributed by atoms with Crippen molar-refractivity contribution < 1.29 is 14.6 Å². The number of aryl methyl sites for hydroxylation is 1. The molecule has 0 aliphatic rings. The Bertz CT molecular complexity index is 891. The summed E-state index contributed by atoms with van der Waals surface area (Å²) in [6.45, 7) is 3.07. The number of phenols is 1. The van der Waals surface area contributed by atoms with E-state index in [-0.39, 0.29) is 11.8 Å². The number of benzene rings is 3. The Kier molecular flexibility index (Phi) is 5.59. The Morgan fingerprint density at radius 1 is 1.00 bits per heavy atom. The van der Waals surface area contributed by atoms with Crippen LogP contribution < -0.4 is 15.4 Å². The molecule has 0 atom stereocenters. The van der Waals surface area contributed by atoms with Crippen molar-refractivity contribution in [2.75, 3.05) is 18.5 Å². The summed E-state index contributed by atoms with van der Waals surface area (Å²) in [4.78, 5) is 12.1. The number of nitrogens with one attached hydrogen (secondary N) is 2. The maximum Gasteiger partial charge on any atom is 0.319 e. The SMILES string of the molecule is Cc1ccc(OCCCNC(=O)Nc2cccc3c(O)cccc23)cc1. The lowest BCUT2D eigenvalue weighted by molar-refractivity contribution is 0.250. The molecule has 0 saturated heterocycles. The molecule has 134 valence electrons. The lowest BCUT2D eigenvalue weighted by atomic mass is 10.1. The van der Waals surface area contributed by atoms with Crippen molar-refractivity contribution in [3.8, 4) is 11.5 Å². The highest BCUT2D eigenvalue weighted by atomic mass is 16.5. The Labute approximate surface area is 152 Å². The molecule has 5 nitrogen and oxygen atoms in total. The number of carbonyl (C=O) groups excluding carboxylic acids is 1. The summed E-state index contributed by atoms with van der Waals surface area (Å²) in [5.74, 6) is 1.02. The zero-order valence-electron chi connectivity index (χ0n) is 14.7. The van der Waals surface area contributed by atoms with Crippen molar-refractivity contribution in [3.63, 3.8) is 0 Å². The van der Waals surface area contributed by atoms with Crippen molar-refractivity contribution in [2.24, 2.45) is 0 Å². The van der Waals surface area contributed by atoms with Gasteiger partial charge >= 0.3 is 6.03 Å². The van der Waals surface area contributed by atoms with E-state index >= 15 is 0 Å². The smallest absolute Gasteiger partial charge is 0.319 e. The van der Waals surface area contributed by atoms with E-state index in [0.717, 1.165) is 11.1 Å². The number of hydrogen-bond acceptors (Lipinski definition) is 3. The Morgan fingerprint density at radius 3 is 2.54 bits per heavy atom. The second-order valence-corrected chi connectivity index (χ2v) is 6.07. The molecule has 0 fully saturated rings. The van der Waals surface area contributed by atoms with Gasteiger partial charge < -0.3 is 20.5 Å². The zero-order valence-corrected chi connectivity index (χ0v) is 14.7. The number of rotatable bonds is 6. The molecule has 0 spiro atoms. The second-order valence-electron chi connectivity index (χ2n) is 6.07. The fraction of sp³-hybridized carbons (Fsp3) is 0.190. The van der Waals surface area contributed by atoms with E-state index < -0.39 is 0 Å². The van der Waals surface area contributed by atoms with Crippen molar-refractivity contribution in [2.45, 2.75) is 13.3 Å². The van der Waals surface area contributed by atoms with Crippen LogP contribution in [0.3, 0.4) is 0 Å². The fourth-order valence-corrected chi connectivity index (χ4v) is 2.67. The first-order valence-corrected chi connectivity index (χ1v) is 8.58. The van der Waals surface area contributed by atoms with Gasteiger partial charge in [0.15, 0.2) is 0 Å². The van der Waals surface area contributed by atoms with Crippen LogP contribution in [0, 0.1) is 6.92 Å². The van der Waals surface area contributed by atoms with Gasteiger partial charge in [-0.1, -0.05) is 42.0 Å². The Hall–Kier alpha value is -3.21. The average Bonchev–Trinajstić information content (AvgIpc) is 2.64. The van der Waals surface area contributed by atoms with Gasteiger partial charge in [-0.3, -0.25) is 0 Å². The third-order valence-electron chi connectivity index (χ3n) is 4.04. The zero-order chi connectivity index (χ0) is 18.4. The lowest BCUT2D eigenvalue weighted by Gasteiger charge is -2.11. The maximum atomic E-state index is 12.1. The normalized spacial score (nSPS) is 10.5. The third kappa shape index (κ3) is 4.45. The van der Waals surface area contributed by atoms with Gasteiger partial charge in [0.1, 0.15) is 11.5 Å². The summed E-state index contributed by atoms with van der Waals surface area (Å²) < 4.78 is 5.63. The molecule has 3 N–H and O–H groups in total. The number of urea groups is 1. The molecule has 5 heteroatoms. The van der Waals surface area contributed by atoms with Crippen LogP contribution >= 0.6 is 0 Å². The quantitative estimate of drug-likeness (QED) is 0.575. The van der Waals surface area contributed by atoms with Crippen molar-refractivity contribution in [1.29, 1.82) is 0 Å². The van der Waals surface area contributed by atoms with E-state index in [1.54, 1.807) is 18.2 Å². The van der Waals surface area contributed by atoms with Gasteiger partial charge in [0.2, 0.25) is 0 Å². The minimum atomic E-state index is -0.281. The van der Waals surface area contributed by atoms with Gasteiger partial charge in [0.25, 0.3) is 0 Å². The predicted octanol–water partition coefficient (Wildman–Crippen LogP) is 4.44. The molecule has 0 radical (unpaired) electrons. The van der Waals surface area contributed by atoms with E-state index in [1.165, 1.54) is 5.56 Å². The fourth-order valence-electron chi connectivity index (χ4n) is 2.67. The Morgan fingerprint density at radius 2 is 1.73 bits per heavy atom. The highest BCUT2D eigenvalue weighted by Gasteiger charge is 2.07. The van der Waals surface area contributed by atoms with E-state index in [9.17, 15) is 9.90 Å². The van der Waals surface area contributed by atoms with Crippen LogP contribution in [0.4, 0.5) is 10.5 Å². The molecule has 3 aromatic carbocycles. The maximum absolute atomic E-state index is 12.1. The minimum Gasteiger partial charge on any atom is -0.507 e. The topological polar surface area (TPSA) is 70.6 Å². The summed E-state index contributed by atoms with van der Waals surface area (Å²) in [7, 11) is 0. The number of fused-ring (bicyclic) bond motifs is 1. The minimum absolute atomic E-state index is 0.194. The van der Waals surface area contributed by atoms with Gasteiger partial charge in [0, 0.05) is 17.3 Å². The first kappa shape index (κ1) is 17.6. The van der Waals surface area contributed by atoms with Crippen LogP contribution in [0.1, 0.15) is 12.0 Å². The average molecular weight is 350 g/mol. The summed E-state index contributed by atoms with van der Waals surface area (Å²) in [5.41, 5.74) is 1.85. The first-order valence-electron chi connectivity index (χ1n) is 8.58. The first-order chi connectivity index (χ1) is 12.6. The highest BCUT2D eigenvalue weighted by Crippen LogP contribution is 2.29. The van der Waals surface area contributed by atoms with Crippen molar-refractivity contribution in [1.82, 2.24) is 5.32 Å².